The Balaban J connectivity index is 0.000000970. The fourth-order valence-corrected chi connectivity index (χ4v) is 3.64. The number of hydrogen-bond acceptors (Lipinski definition) is 5. The Morgan fingerprint density at radius 1 is 1.03 bits per heavy atom. The molecule has 0 fully saturated rings. The van der Waals surface area contributed by atoms with E-state index in [2.05, 4.69) is 32.6 Å². The van der Waals surface area contributed by atoms with Crippen LogP contribution in [0.15, 0.2) is 48.0 Å². The van der Waals surface area contributed by atoms with Crippen LogP contribution in [-0.2, 0) is 7.05 Å². The zero-order valence-corrected chi connectivity index (χ0v) is 21.2. The molecule has 1 N–H and O–H groups in total. The lowest BCUT2D eigenvalue weighted by Gasteiger charge is -2.29. The third kappa shape index (κ3) is 6.27. The molecule has 4 rings (SSSR count). The van der Waals surface area contributed by atoms with E-state index in [1.165, 1.54) is 22.0 Å². The van der Waals surface area contributed by atoms with Crippen LogP contribution < -0.4 is 10.2 Å². The Bertz CT molecular complexity index is 1100. The number of nitrogens with one attached hydrogen (secondary N) is 1. The number of hydrogen-bond donors (Lipinski definition) is 1. The molecule has 0 unspecified atom stereocenters. The molecule has 2 heterocycles. The van der Waals surface area contributed by atoms with E-state index in [4.69, 9.17) is 0 Å². The van der Waals surface area contributed by atoms with Gasteiger partial charge in [0.15, 0.2) is 0 Å². The van der Waals surface area contributed by atoms with Crippen LogP contribution in [0.4, 0.5) is 16.0 Å². The quantitative estimate of drug-likeness (QED) is 0.538. The van der Waals surface area contributed by atoms with E-state index in [1.54, 1.807) is 26.1 Å². The van der Waals surface area contributed by atoms with E-state index in [1.807, 2.05) is 52.0 Å². The van der Waals surface area contributed by atoms with Crippen molar-refractivity contribution in [3.63, 3.8) is 0 Å². The van der Waals surface area contributed by atoms with Gasteiger partial charge in [-0.2, -0.15) is 4.80 Å². The highest BCUT2D eigenvalue weighted by Crippen LogP contribution is 2.29. The van der Waals surface area contributed by atoms with Crippen LogP contribution in [0, 0.1) is 12.7 Å². The molecule has 8 heteroatoms. The standard InChI is InChI=1S/C22H23FN6O.2C2H6/c1-14-11-12-29(22-25-27-28(3)26-22)13-18(14)16-7-9-17(10-8-16)24-21(30)20-15(2)5-4-6-19(20)23;2*1-2/h4-10H,11-13H2,1-3H3,(H,24,30);2*1-2H3. The van der Waals surface area contributed by atoms with Crippen LogP contribution in [0.3, 0.4) is 0 Å². The first-order chi connectivity index (χ1) is 16.4. The summed E-state index contributed by atoms with van der Waals surface area (Å²) < 4.78 is 14.0. The summed E-state index contributed by atoms with van der Waals surface area (Å²) in [7, 11) is 1.75. The van der Waals surface area contributed by atoms with Gasteiger partial charge >= 0.3 is 0 Å². The normalized spacial score (nSPS) is 12.9. The second-order valence-electron chi connectivity index (χ2n) is 7.47. The van der Waals surface area contributed by atoms with Gasteiger partial charge in [-0.25, -0.2) is 4.39 Å². The number of aryl methyl sites for hydroxylation is 2. The number of aromatic nitrogens is 4. The van der Waals surface area contributed by atoms with Gasteiger partial charge in [-0.3, -0.25) is 4.79 Å². The fraction of sp³-hybridized carbons (Fsp3) is 0.385. The van der Waals surface area contributed by atoms with Crippen LogP contribution in [0.5, 0.6) is 0 Å². The lowest BCUT2D eigenvalue weighted by molar-refractivity contribution is 0.102. The topological polar surface area (TPSA) is 75.9 Å². The average molecular weight is 467 g/mol. The predicted octanol–water partition coefficient (Wildman–Crippen LogP) is 5.65. The largest absolute Gasteiger partial charge is 0.334 e. The molecule has 1 aliphatic rings. The van der Waals surface area contributed by atoms with E-state index in [0.29, 0.717) is 23.7 Å². The maximum Gasteiger partial charge on any atom is 0.266 e. The maximum absolute atomic E-state index is 14.0. The number of amides is 1. The SMILES string of the molecule is CC.CC.CC1=C(c2ccc(NC(=O)c3c(C)cccc3F)cc2)CN(c2nnn(C)n2)CC1. The van der Waals surface area contributed by atoms with Gasteiger partial charge in [0.2, 0.25) is 0 Å². The van der Waals surface area contributed by atoms with Crippen molar-refractivity contribution in [2.45, 2.75) is 48.0 Å². The van der Waals surface area contributed by atoms with E-state index in [0.717, 1.165) is 18.5 Å². The molecule has 3 aromatic rings. The molecule has 182 valence electrons. The van der Waals surface area contributed by atoms with E-state index in [-0.39, 0.29) is 5.56 Å². The first-order valence-corrected chi connectivity index (χ1v) is 11.8. The van der Waals surface area contributed by atoms with Crippen molar-refractivity contribution in [3.8, 4) is 0 Å². The van der Waals surface area contributed by atoms with E-state index >= 15 is 0 Å². The lowest BCUT2D eigenvalue weighted by Crippen LogP contribution is -2.31. The van der Waals surface area contributed by atoms with Crippen molar-refractivity contribution in [3.05, 3.63) is 70.5 Å². The Kier molecular flexibility index (Phi) is 9.92. The molecule has 0 aliphatic carbocycles. The lowest BCUT2D eigenvalue weighted by atomic mass is 9.95. The number of rotatable bonds is 4. The van der Waals surface area contributed by atoms with Gasteiger partial charge in [0, 0.05) is 18.8 Å². The number of benzene rings is 2. The number of carbonyl (C=O) groups is 1. The number of carbonyl (C=O) groups excluding carboxylic acids is 1. The monoisotopic (exact) mass is 466 g/mol. The molecule has 0 atom stereocenters. The molecular formula is C26H35FN6O. The van der Waals surface area contributed by atoms with Gasteiger partial charge in [0.1, 0.15) is 5.82 Å². The van der Waals surface area contributed by atoms with Gasteiger partial charge in [0.25, 0.3) is 11.9 Å². The van der Waals surface area contributed by atoms with Crippen LogP contribution in [0.1, 0.15) is 62.5 Å². The van der Waals surface area contributed by atoms with Crippen molar-refractivity contribution in [1.82, 2.24) is 20.2 Å². The summed E-state index contributed by atoms with van der Waals surface area (Å²) in [6.45, 7) is 13.4. The second kappa shape index (κ2) is 12.6. The first-order valence-electron chi connectivity index (χ1n) is 11.8. The molecule has 1 aliphatic heterocycles. The van der Waals surface area contributed by atoms with Gasteiger partial charge in [-0.15, -0.1) is 5.10 Å². The van der Waals surface area contributed by atoms with Gasteiger partial charge in [-0.05, 0) is 60.4 Å². The molecule has 0 radical (unpaired) electrons. The molecular weight excluding hydrogens is 431 g/mol. The van der Waals surface area contributed by atoms with Crippen molar-refractivity contribution < 1.29 is 9.18 Å². The highest BCUT2D eigenvalue weighted by Gasteiger charge is 2.21. The molecule has 34 heavy (non-hydrogen) atoms. The third-order valence-electron chi connectivity index (χ3n) is 5.34. The van der Waals surface area contributed by atoms with Crippen LogP contribution in [0.25, 0.3) is 5.57 Å². The Hall–Kier alpha value is -3.55. The molecule has 2 aromatic carbocycles. The summed E-state index contributed by atoms with van der Waals surface area (Å²) in [5, 5.41) is 15.1. The molecule has 0 bridgehead atoms. The predicted molar refractivity (Wildman–Crippen MR) is 136 cm³/mol. The minimum atomic E-state index is -0.523. The van der Waals surface area contributed by atoms with Crippen molar-refractivity contribution in [2.75, 3.05) is 23.3 Å². The first kappa shape index (κ1) is 26.7. The summed E-state index contributed by atoms with van der Waals surface area (Å²) in [5.74, 6) is -0.359. The van der Waals surface area contributed by atoms with Crippen LogP contribution >= 0.6 is 0 Å². The smallest absolute Gasteiger partial charge is 0.266 e. The number of tetrazole rings is 1. The zero-order chi connectivity index (χ0) is 25.3. The summed E-state index contributed by atoms with van der Waals surface area (Å²) in [4.78, 5) is 16.1. The van der Waals surface area contributed by atoms with Crippen LogP contribution in [-0.4, -0.2) is 39.2 Å². The average Bonchev–Trinajstić information content (AvgIpc) is 3.29. The number of nitrogens with zero attached hydrogens (tertiary/aromatic N) is 5. The maximum atomic E-state index is 14.0. The molecule has 7 nitrogen and oxygen atoms in total. The second-order valence-corrected chi connectivity index (χ2v) is 7.47. The summed E-state index contributed by atoms with van der Waals surface area (Å²) >= 11 is 0. The molecule has 0 saturated heterocycles. The van der Waals surface area contributed by atoms with E-state index in [9.17, 15) is 9.18 Å². The van der Waals surface area contributed by atoms with Gasteiger partial charge in [0.05, 0.1) is 12.6 Å². The number of anilines is 2. The highest BCUT2D eigenvalue weighted by molar-refractivity contribution is 6.05. The fourth-order valence-electron chi connectivity index (χ4n) is 3.64. The Morgan fingerprint density at radius 2 is 1.71 bits per heavy atom. The Labute approximate surface area is 201 Å². The van der Waals surface area contributed by atoms with E-state index < -0.39 is 11.7 Å². The molecule has 1 amide bonds. The summed E-state index contributed by atoms with van der Waals surface area (Å²) in [6, 6.07) is 12.2. The molecule has 0 saturated carbocycles. The minimum absolute atomic E-state index is 0.0690. The molecule has 1 aromatic heterocycles. The highest BCUT2D eigenvalue weighted by atomic mass is 19.1. The van der Waals surface area contributed by atoms with Crippen LogP contribution in [0.2, 0.25) is 0 Å². The summed E-state index contributed by atoms with van der Waals surface area (Å²) in [6.07, 6.45) is 0.915. The van der Waals surface area contributed by atoms with Crippen molar-refractivity contribution in [1.29, 1.82) is 0 Å². The third-order valence-corrected chi connectivity index (χ3v) is 5.34. The van der Waals surface area contributed by atoms with Crippen molar-refractivity contribution in [2.24, 2.45) is 7.05 Å². The number of halogens is 1. The van der Waals surface area contributed by atoms with Gasteiger partial charge < -0.3 is 10.2 Å². The minimum Gasteiger partial charge on any atom is -0.334 e. The van der Waals surface area contributed by atoms with Gasteiger partial charge in [-0.1, -0.05) is 62.6 Å². The Morgan fingerprint density at radius 3 is 2.29 bits per heavy atom. The zero-order valence-electron chi connectivity index (χ0n) is 21.2. The van der Waals surface area contributed by atoms with Crippen molar-refractivity contribution >= 4 is 23.1 Å². The summed E-state index contributed by atoms with van der Waals surface area (Å²) in [5.41, 5.74) is 4.88. The molecule has 0 spiro atoms.